The Hall–Kier alpha value is -2.48. The first-order valence-corrected chi connectivity index (χ1v) is 9.34. The molecule has 0 aliphatic rings. The molecule has 0 saturated heterocycles. The number of carboxylic acids is 1. The summed E-state index contributed by atoms with van der Waals surface area (Å²) in [7, 11) is -3.92. The van der Waals surface area contributed by atoms with E-state index in [1.165, 1.54) is 0 Å². The Labute approximate surface area is 144 Å². The molecule has 2 rings (SSSR count). The Morgan fingerprint density at radius 2 is 1.88 bits per heavy atom. The fourth-order valence-corrected chi connectivity index (χ4v) is 3.12. The van der Waals surface area contributed by atoms with Crippen molar-refractivity contribution < 1.29 is 22.7 Å². The van der Waals surface area contributed by atoms with Crippen molar-refractivity contribution >= 4 is 15.8 Å². The molecule has 1 N–H and O–H groups in total. The molecule has 134 valence electrons. The maximum atomic E-state index is 14.3. The maximum absolute atomic E-state index is 14.3. The van der Waals surface area contributed by atoms with Gasteiger partial charge >= 0.3 is 5.97 Å². The minimum Gasteiger partial charge on any atom is -0.480 e. The number of nitrogens with zero attached hydrogens (tertiary/aromatic N) is 1. The molecule has 0 spiro atoms. The zero-order chi connectivity index (χ0) is 18.8. The molecule has 0 saturated carbocycles. The summed E-state index contributed by atoms with van der Waals surface area (Å²) < 4.78 is 36.8. The Kier molecular flexibility index (Phi) is 5.12. The van der Waals surface area contributed by atoms with Gasteiger partial charge in [-0.15, -0.1) is 0 Å². The van der Waals surface area contributed by atoms with Crippen molar-refractivity contribution in [2.75, 3.05) is 6.26 Å². The normalized spacial score (nSPS) is 14.0. The van der Waals surface area contributed by atoms with Gasteiger partial charge in [0.2, 0.25) is 0 Å². The molecule has 2 aromatic rings. The molecule has 1 aromatic heterocycles. The highest BCUT2D eigenvalue weighted by Gasteiger charge is 2.43. The van der Waals surface area contributed by atoms with Gasteiger partial charge in [0.1, 0.15) is 5.82 Å². The second kappa shape index (κ2) is 6.79. The van der Waals surface area contributed by atoms with Crippen molar-refractivity contribution in [3.63, 3.8) is 0 Å². The lowest BCUT2D eigenvalue weighted by atomic mass is 10.1. The van der Waals surface area contributed by atoms with Crippen LogP contribution in [0.1, 0.15) is 13.3 Å². The van der Waals surface area contributed by atoms with Gasteiger partial charge in [0.15, 0.2) is 14.6 Å². The van der Waals surface area contributed by atoms with E-state index in [4.69, 9.17) is 0 Å². The zero-order valence-electron chi connectivity index (χ0n) is 13.8. The average molecular weight is 367 g/mol. The molecular weight excluding hydrogens is 349 g/mol. The van der Waals surface area contributed by atoms with E-state index in [-0.39, 0.29) is 18.5 Å². The Balaban J connectivity index is 2.35. The monoisotopic (exact) mass is 367 g/mol. The van der Waals surface area contributed by atoms with Crippen molar-refractivity contribution in [2.45, 2.75) is 24.6 Å². The molecule has 0 aliphatic heterocycles. The quantitative estimate of drug-likeness (QED) is 0.842. The molecule has 1 atom stereocenters. The van der Waals surface area contributed by atoms with Crippen LogP contribution in [0.2, 0.25) is 0 Å². The van der Waals surface area contributed by atoms with Crippen LogP contribution >= 0.6 is 0 Å². The molecule has 1 heterocycles. The number of halogens is 1. The van der Waals surface area contributed by atoms with Crippen LogP contribution in [0.3, 0.4) is 0 Å². The number of hydrogen-bond acceptors (Lipinski definition) is 4. The number of carboxylic acid groups (broad SMARTS) is 1. The Morgan fingerprint density at radius 3 is 2.40 bits per heavy atom. The van der Waals surface area contributed by atoms with Gasteiger partial charge in [-0.2, -0.15) is 0 Å². The van der Waals surface area contributed by atoms with Crippen LogP contribution in [-0.2, 0) is 21.2 Å². The van der Waals surface area contributed by atoms with Gasteiger partial charge in [-0.3, -0.25) is 9.59 Å². The van der Waals surface area contributed by atoms with E-state index in [0.717, 1.165) is 30.0 Å². The minimum absolute atomic E-state index is 0.131. The summed E-state index contributed by atoms with van der Waals surface area (Å²) in [6.45, 7) is 0.838. The van der Waals surface area contributed by atoms with Crippen LogP contribution in [0, 0.1) is 5.82 Å². The largest absolute Gasteiger partial charge is 0.480 e. The first-order chi connectivity index (χ1) is 11.6. The number of pyridine rings is 1. The summed E-state index contributed by atoms with van der Waals surface area (Å²) in [5.41, 5.74) is 0.128. The first-order valence-electron chi connectivity index (χ1n) is 7.44. The van der Waals surface area contributed by atoms with E-state index in [2.05, 4.69) is 0 Å². The van der Waals surface area contributed by atoms with Crippen molar-refractivity contribution in [2.24, 2.45) is 0 Å². The predicted molar refractivity (Wildman–Crippen MR) is 91.6 cm³/mol. The Bertz CT molecular complexity index is 953. The Morgan fingerprint density at radius 1 is 1.28 bits per heavy atom. The molecule has 0 bridgehead atoms. The molecule has 0 aliphatic carbocycles. The number of hydrogen-bond donors (Lipinski definition) is 1. The number of aromatic nitrogens is 1. The summed E-state index contributed by atoms with van der Waals surface area (Å²) >= 11 is 0. The van der Waals surface area contributed by atoms with E-state index in [1.807, 2.05) is 0 Å². The molecule has 1 aromatic carbocycles. The van der Waals surface area contributed by atoms with Crippen LogP contribution in [-0.4, -0.2) is 35.1 Å². The standard InChI is InChI=1S/C17H18FNO5S/c1-17(16(21)22,25(2,23)24)8-9-19-11-14(18)13(10-15(19)20)12-6-4-3-5-7-12/h3-7,10-11H,8-9H2,1-2H3,(H,21,22)/t17-/m1/s1. The molecule has 6 nitrogen and oxygen atoms in total. The SMILES string of the molecule is C[C@@](CCn1cc(F)c(-c2ccccc2)cc1=O)(C(=O)O)S(C)(=O)=O. The predicted octanol–water partition coefficient (Wildman–Crippen LogP) is 1.93. The highest BCUT2D eigenvalue weighted by Crippen LogP contribution is 2.23. The lowest BCUT2D eigenvalue weighted by Gasteiger charge is -2.23. The van der Waals surface area contributed by atoms with E-state index < -0.39 is 31.9 Å². The molecule has 25 heavy (non-hydrogen) atoms. The lowest BCUT2D eigenvalue weighted by Crippen LogP contribution is -2.44. The number of aryl methyl sites for hydroxylation is 1. The molecule has 0 unspecified atom stereocenters. The number of aliphatic carboxylic acids is 1. The number of carbonyl (C=O) groups is 1. The topological polar surface area (TPSA) is 93.4 Å². The molecule has 0 fully saturated rings. The molecule has 0 amide bonds. The second-order valence-electron chi connectivity index (χ2n) is 5.99. The third kappa shape index (κ3) is 3.79. The summed E-state index contributed by atoms with van der Waals surface area (Å²) in [5, 5.41) is 9.22. The van der Waals surface area contributed by atoms with Gasteiger partial charge in [0.05, 0.1) is 0 Å². The van der Waals surface area contributed by atoms with Gasteiger partial charge in [0, 0.05) is 30.6 Å². The van der Waals surface area contributed by atoms with Gasteiger partial charge < -0.3 is 9.67 Å². The van der Waals surface area contributed by atoms with E-state index in [1.54, 1.807) is 30.3 Å². The first kappa shape index (κ1) is 18.9. The van der Waals surface area contributed by atoms with Gasteiger partial charge in [-0.25, -0.2) is 12.8 Å². The highest BCUT2D eigenvalue weighted by atomic mass is 32.2. The number of benzene rings is 1. The smallest absolute Gasteiger partial charge is 0.324 e. The molecular formula is C17H18FNO5S. The van der Waals surface area contributed by atoms with Crippen LogP contribution in [0.4, 0.5) is 4.39 Å². The van der Waals surface area contributed by atoms with Gasteiger partial charge in [-0.05, 0) is 18.9 Å². The van der Waals surface area contributed by atoms with Crippen LogP contribution in [0.15, 0.2) is 47.4 Å². The fraction of sp³-hybridized carbons (Fsp3) is 0.294. The minimum atomic E-state index is -3.92. The van der Waals surface area contributed by atoms with Crippen molar-refractivity contribution in [1.82, 2.24) is 4.57 Å². The van der Waals surface area contributed by atoms with E-state index in [0.29, 0.717) is 5.56 Å². The fourth-order valence-electron chi connectivity index (χ4n) is 2.34. The van der Waals surface area contributed by atoms with Crippen LogP contribution < -0.4 is 5.56 Å². The van der Waals surface area contributed by atoms with Gasteiger partial charge in [-0.1, -0.05) is 30.3 Å². The highest BCUT2D eigenvalue weighted by molar-refractivity contribution is 7.92. The van der Waals surface area contributed by atoms with Crippen molar-refractivity contribution in [3.8, 4) is 11.1 Å². The number of sulfone groups is 1. The third-order valence-electron chi connectivity index (χ3n) is 4.26. The summed E-state index contributed by atoms with van der Waals surface area (Å²) in [6.07, 6.45) is 1.43. The average Bonchev–Trinajstić information content (AvgIpc) is 2.54. The number of rotatable bonds is 6. The lowest BCUT2D eigenvalue weighted by molar-refractivity contribution is -0.139. The molecule has 8 heteroatoms. The summed E-state index contributed by atoms with van der Waals surface area (Å²) in [4.78, 5) is 23.5. The maximum Gasteiger partial charge on any atom is 0.324 e. The van der Waals surface area contributed by atoms with Crippen molar-refractivity contribution in [3.05, 3.63) is 58.8 Å². The molecule has 0 radical (unpaired) electrons. The van der Waals surface area contributed by atoms with Crippen molar-refractivity contribution in [1.29, 1.82) is 0 Å². The van der Waals surface area contributed by atoms with E-state index >= 15 is 0 Å². The van der Waals surface area contributed by atoms with Crippen LogP contribution in [0.25, 0.3) is 11.1 Å². The van der Waals surface area contributed by atoms with Gasteiger partial charge in [0.25, 0.3) is 5.56 Å². The van der Waals surface area contributed by atoms with E-state index in [9.17, 15) is 27.5 Å². The third-order valence-corrected chi connectivity index (χ3v) is 6.28. The second-order valence-corrected chi connectivity index (χ2v) is 8.44. The summed E-state index contributed by atoms with van der Waals surface area (Å²) in [6, 6.07) is 9.62. The van der Waals surface area contributed by atoms with Crippen LogP contribution in [0.5, 0.6) is 0 Å². The summed E-state index contributed by atoms with van der Waals surface area (Å²) in [5.74, 6) is -2.16. The zero-order valence-corrected chi connectivity index (χ0v) is 14.6.